The Bertz CT molecular complexity index is 1090. The van der Waals surface area contributed by atoms with Crippen molar-refractivity contribution in [3.8, 4) is 5.75 Å². The van der Waals surface area contributed by atoms with E-state index in [9.17, 15) is 17.2 Å². The first kappa shape index (κ1) is 25.7. The molecule has 0 saturated carbocycles. The van der Waals surface area contributed by atoms with E-state index in [1.165, 1.54) is 6.26 Å². The molecule has 0 N–H and O–H groups in total. The van der Waals surface area contributed by atoms with Crippen molar-refractivity contribution in [3.63, 3.8) is 0 Å². The lowest BCUT2D eigenvalue weighted by Gasteiger charge is -2.28. The second-order valence-corrected chi connectivity index (χ2v) is 11.5. The van der Waals surface area contributed by atoms with Gasteiger partial charge in [0.15, 0.2) is 0 Å². The van der Waals surface area contributed by atoms with Crippen LogP contribution in [0.4, 0.5) is 8.78 Å². The van der Waals surface area contributed by atoms with Crippen molar-refractivity contribution in [2.45, 2.75) is 57.8 Å². The molecule has 2 aromatic carbocycles. The van der Waals surface area contributed by atoms with Crippen molar-refractivity contribution < 1.29 is 21.9 Å². The third kappa shape index (κ3) is 7.82. The van der Waals surface area contributed by atoms with Crippen LogP contribution in [0, 0.1) is 0 Å². The van der Waals surface area contributed by atoms with E-state index in [2.05, 4.69) is 13.0 Å². The van der Waals surface area contributed by atoms with Gasteiger partial charge in [0, 0.05) is 29.9 Å². The first-order valence-corrected chi connectivity index (χ1v) is 13.8. The Balaban J connectivity index is 1.79. The normalized spacial score (nSPS) is 16.2. The summed E-state index contributed by atoms with van der Waals surface area (Å²) in [5.41, 5.74) is 4.55. The van der Waals surface area contributed by atoms with Gasteiger partial charge in [0.25, 0.3) is 5.92 Å². The maximum atomic E-state index is 14.3. The highest BCUT2D eigenvalue weighted by Gasteiger charge is 2.35. The molecular formula is C26H31ClF2O3S. The van der Waals surface area contributed by atoms with E-state index in [0.29, 0.717) is 42.0 Å². The topological polar surface area (TPSA) is 43.4 Å². The SMILES string of the molecule is CCc1ccc(OCC2=C(c3ccc(Cl)cc3)CCC(F)(F)C2)c(CCCCS(C)(=O)=O)c1. The summed E-state index contributed by atoms with van der Waals surface area (Å²) < 4.78 is 57.4. The largest absolute Gasteiger partial charge is 0.489 e. The summed E-state index contributed by atoms with van der Waals surface area (Å²) in [5.74, 6) is -1.92. The van der Waals surface area contributed by atoms with Crippen LogP contribution in [-0.2, 0) is 22.7 Å². The summed E-state index contributed by atoms with van der Waals surface area (Å²) >= 11 is 6.00. The number of aryl methyl sites for hydroxylation is 2. The van der Waals surface area contributed by atoms with E-state index in [0.717, 1.165) is 28.7 Å². The predicted molar refractivity (Wildman–Crippen MR) is 131 cm³/mol. The molecule has 0 saturated heterocycles. The van der Waals surface area contributed by atoms with Gasteiger partial charge >= 0.3 is 0 Å². The smallest absolute Gasteiger partial charge is 0.252 e. The number of alkyl halides is 2. The molecule has 1 aliphatic carbocycles. The van der Waals surface area contributed by atoms with Crippen molar-refractivity contribution in [1.29, 1.82) is 0 Å². The quantitative estimate of drug-likeness (QED) is 0.335. The lowest BCUT2D eigenvalue weighted by molar-refractivity contribution is -0.0112. The van der Waals surface area contributed by atoms with Gasteiger partial charge in [0.2, 0.25) is 0 Å². The van der Waals surface area contributed by atoms with Crippen molar-refractivity contribution in [2.24, 2.45) is 0 Å². The van der Waals surface area contributed by atoms with Gasteiger partial charge in [-0.05, 0) is 78.1 Å². The molecule has 33 heavy (non-hydrogen) atoms. The van der Waals surface area contributed by atoms with Crippen LogP contribution in [0.15, 0.2) is 48.0 Å². The highest BCUT2D eigenvalue weighted by Crippen LogP contribution is 2.41. The van der Waals surface area contributed by atoms with E-state index < -0.39 is 15.8 Å². The van der Waals surface area contributed by atoms with E-state index in [1.54, 1.807) is 12.1 Å². The maximum absolute atomic E-state index is 14.3. The van der Waals surface area contributed by atoms with Crippen LogP contribution in [0.2, 0.25) is 5.02 Å². The molecule has 0 spiro atoms. The second-order valence-electron chi connectivity index (χ2n) is 8.79. The Morgan fingerprint density at radius 3 is 2.48 bits per heavy atom. The van der Waals surface area contributed by atoms with E-state index in [1.807, 2.05) is 24.3 Å². The third-order valence-corrected chi connectivity index (χ3v) is 7.26. The first-order chi connectivity index (χ1) is 15.6. The van der Waals surface area contributed by atoms with E-state index >= 15 is 0 Å². The van der Waals surface area contributed by atoms with Crippen LogP contribution in [0.5, 0.6) is 5.75 Å². The Kier molecular flexibility index (Phi) is 8.57. The molecular weight excluding hydrogens is 466 g/mol. The highest BCUT2D eigenvalue weighted by atomic mass is 35.5. The maximum Gasteiger partial charge on any atom is 0.252 e. The molecule has 1 aliphatic rings. The Hall–Kier alpha value is -1.92. The summed E-state index contributed by atoms with van der Waals surface area (Å²) in [4.78, 5) is 0. The van der Waals surface area contributed by atoms with Gasteiger partial charge in [-0.15, -0.1) is 0 Å². The molecule has 180 valence electrons. The molecule has 0 atom stereocenters. The minimum atomic E-state index is -2.99. The van der Waals surface area contributed by atoms with E-state index in [4.69, 9.17) is 16.3 Å². The Morgan fingerprint density at radius 2 is 1.82 bits per heavy atom. The highest BCUT2D eigenvalue weighted by molar-refractivity contribution is 7.90. The molecule has 0 amide bonds. The van der Waals surface area contributed by atoms with Gasteiger partial charge in [-0.1, -0.05) is 42.8 Å². The third-order valence-electron chi connectivity index (χ3n) is 5.98. The van der Waals surface area contributed by atoms with Gasteiger partial charge < -0.3 is 4.74 Å². The van der Waals surface area contributed by atoms with Crippen LogP contribution in [-0.4, -0.2) is 33.0 Å². The number of benzene rings is 2. The van der Waals surface area contributed by atoms with Gasteiger partial charge in [-0.3, -0.25) is 0 Å². The van der Waals surface area contributed by atoms with Gasteiger partial charge in [0.1, 0.15) is 22.2 Å². The lowest BCUT2D eigenvalue weighted by Crippen LogP contribution is -2.24. The zero-order valence-corrected chi connectivity index (χ0v) is 20.7. The summed E-state index contributed by atoms with van der Waals surface area (Å²) in [6.07, 6.45) is 3.88. The van der Waals surface area contributed by atoms with Gasteiger partial charge in [-0.25, -0.2) is 17.2 Å². The second kappa shape index (κ2) is 11.0. The number of halogens is 3. The molecule has 0 fully saturated rings. The summed E-state index contributed by atoms with van der Waals surface area (Å²) in [5, 5.41) is 0.606. The molecule has 0 radical (unpaired) electrons. The monoisotopic (exact) mass is 496 g/mol. The first-order valence-electron chi connectivity index (χ1n) is 11.3. The number of rotatable bonds is 10. The fourth-order valence-corrected chi connectivity index (χ4v) is 5.02. The van der Waals surface area contributed by atoms with Crippen LogP contribution < -0.4 is 4.74 Å². The summed E-state index contributed by atoms with van der Waals surface area (Å²) in [6, 6.07) is 13.2. The average Bonchev–Trinajstić information content (AvgIpc) is 2.75. The van der Waals surface area contributed by atoms with Gasteiger partial charge in [-0.2, -0.15) is 0 Å². The minimum absolute atomic E-state index is 0.0926. The van der Waals surface area contributed by atoms with Crippen LogP contribution in [0.3, 0.4) is 0 Å². The fourth-order valence-electron chi connectivity index (χ4n) is 4.16. The molecule has 0 bridgehead atoms. The average molecular weight is 497 g/mol. The molecule has 7 heteroatoms. The summed E-state index contributed by atoms with van der Waals surface area (Å²) in [6.45, 7) is 2.16. The molecule has 0 heterocycles. The minimum Gasteiger partial charge on any atom is -0.489 e. The van der Waals surface area contributed by atoms with Crippen LogP contribution >= 0.6 is 11.6 Å². The Morgan fingerprint density at radius 1 is 1.09 bits per heavy atom. The molecule has 2 aromatic rings. The fraction of sp³-hybridized carbons (Fsp3) is 0.462. The van der Waals surface area contributed by atoms with Crippen molar-refractivity contribution >= 4 is 27.0 Å². The number of ether oxygens (including phenoxy) is 1. The summed E-state index contributed by atoms with van der Waals surface area (Å²) in [7, 11) is -2.99. The number of allylic oxidation sites excluding steroid dienone is 1. The lowest BCUT2D eigenvalue weighted by atomic mass is 9.85. The van der Waals surface area contributed by atoms with Crippen molar-refractivity contribution in [1.82, 2.24) is 0 Å². The number of hydrogen-bond donors (Lipinski definition) is 0. The van der Waals surface area contributed by atoms with Gasteiger partial charge in [0.05, 0.1) is 0 Å². The van der Waals surface area contributed by atoms with Crippen molar-refractivity contribution in [2.75, 3.05) is 18.6 Å². The van der Waals surface area contributed by atoms with Crippen LogP contribution in [0.1, 0.15) is 55.7 Å². The van der Waals surface area contributed by atoms with Crippen LogP contribution in [0.25, 0.3) is 5.57 Å². The zero-order valence-electron chi connectivity index (χ0n) is 19.2. The molecule has 3 nitrogen and oxygen atoms in total. The zero-order chi connectivity index (χ0) is 24.1. The number of unbranched alkanes of at least 4 members (excludes halogenated alkanes) is 1. The Labute approximate surface area is 200 Å². The van der Waals surface area contributed by atoms with E-state index in [-0.39, 0.29) is 25.2 Å². The standard InChI is InChI=1S/C26H31ClF2O3S/c1-3-19-7-12-25(21(16-19)6-4-5-15-33(2,30)31)32-18-22-17-26(28,29)14-13-24(22)20-8-10-23(27)11-9-20/h7-12,16H,3-6,13-15,17-18H2,1-2H3. The van der Waals surface area contributed by atoms with Crippen molar-refractivity contribution in [3.05, 3.63) is 69.8 Å². The number of hydrogen-bond acceptors (Lipinski definition) is 3. The molecule has 0 aliphatic heterocycles. The molecule has 3 rings (SSSR count). The number of sulfone groups is 1. The molecule has 0 unspecified atom stereocenters. The predicted octanol–water partition coefficient (Wildman–Crippen LogP) is 6.92. The molecule has 0 aromatic heterocycles.